The van der Waals surface area contributed by atoms with Crippen molar-refractivity contribution in [2.45, 2.75) is 18.5 Å². The molecule has 0 radical (unpaired) electrons. The molecule has 1 aliphatic rings. The first-order valence-corrected chi connectivity index (χ1v) is 10.0. The Kier molecular flexibility index (Phi) is 6.13. The lowest BCUT2D eigenvalue weighted by Gasteiger charge is -2.14. The second-order valence-corrected chi connectivity index (χ2v) is 7.20. The Morgan fingerprint density at radius 1 is 1.00 bits per heavy atom. The van der Waals surface area contributed by atoms with E-state index in [2.05, 4.69) is 34.3 Å². The molecule has 0 spiro atoms. The Bertz CT molecular complexity index is 1150. The molecule has 1 amide bonds. The summed E-state index contributed by atoms with van der Waals surface area (Å²) in [4.78, 5) is 15.8. The summed E-state index contributed by atoms with van der Waals surface area (Å²) in [7, 11) is 0. The second-order valence-electron chi connectivity index (χ2n) is 7.20. The van der Waals surface area contributed by atoms with Gasteiger partial charge < -0.3 is 10.1 Å². The van der Waals surface area contributed by atoms with Gasteiger partial charge in [0.1, 0.15) is 12.3 Å². The normalized spacial score (nSPS) is 12.3. The average Bonchev–Trinajstić information content (AvgIpc) is 3.11. The zero-order chi connectivity index (χ0) is 22.6. The van der Waals surface area contributed by atoms with Crippen LogP contribution in [0.1, 0.15) is 34.7 Å². The summed E-state index contributed by atoms with van der Waals surface area (Å²) in [5.41, 5.74) is 3.30. The van der Waals surface area contributed by atoms with Crippen molar-refractivity contribution in [3.63, 3.8) is 0 Å². The van der Waals surface area contributed by atoms with Gasteiger partial charge in [-0.3, -0.25) is 0 Å². The minimum Gasteiger partial charge on any atom is -0.449 e. The van der Waals surface area contributed by atoms with Crippen LogP contribution in [0, 0.1) is 11.8 Å². The van der Waals surface area contributed by atoms with Crippen molar-refractivity contribution < 1.29 is 22.7 Å². The van der Waals surface area contributed by atoms with Crippen LogP contribution >= 0.6 is 0 Å². The van der Waals surface area contributed by atoms with Gasteiger partial charge >= 0.3 is 12.3 Å². The molecular weight excluding hydrogens is 417 g/mol. The second kappa shape index (κ2) is 9.15. The maximum absolute atomic E-state index is 12.9. The number of carbonyl (C=O) groups is 1. The maximum atomic E-state index is 12.9. The molecule has 0 unspecified atom stereocenters. The van der Waals surface area contributed by atoms with Gasteiger partial charge in [-0.1, -0.05) is 54.5 Å². The SMILES string of the molecule is O=C(NCCC#Cc1ncccc1C(F)(F)F)OCC1c2ccccc2-c2ccccc21. The van der Waals surface area contributed by atoms with Crippen molar-refractivity contribution in [2.75, 3.05) is 13.2 Å². The first kappa shape index (κ1) is 21.4. The van der Waals surface area contributed by atoms with E-state index in [9.17, 15) is 18.0 Å². The van der Waals surface area contributed by atoms with Crippen LogP contribution in [-0.4, -0.2) is 24.2 Å². The lowest BCUT2D eigenvalue weighted by molar-refractivity contribution is -0.138. The van der Waals surface area contributed by atoms with E-state index in [4.69, 9.17) is 4.74 Å². The van der Waals surface area contributed by atoms with E-state index >= 15 is 0 Å². The van der Waals surface area contributed by atoms with Gasteiger partial charge in [0.2, 0.25) is 0 Å². The number of nitrogens with one attached hydrogen (secondary N) is 1. The summed E-state index contributed by atoms with van der Waals surface area (Å²) in [5, 5.41) is 2.58. The van der Waals surface area contributed by atoms with Crippen molar-refractivity contribution in [1.82, 2.24) is 10.3 Å². The van der Waals surface area contributed by atoms with E-state index in [-0.39, 0.29) is 31.2 Å². The molecule has 162 valence electrons. The Morgan fingerprint density at radius 3 is 2.31 bits per heavy atom. The third-order valence-electron chi connectivity index (χ3n) is 5.18. The van der Waals surface area contributed by atoms with E-state index in [0.29, 0.717) is 0 Å². The van der Waals surface area contributed by atoms with Crippen molar-refractivity contribution in [2.24, 2.45) is 0 Å². The molecule has 1 aromatic heterocycles. The molecule has 0 atom stereocenters. The van der Waals surface area contributed by atoms with Crippen molar-refractivity contribution in [3.05, 3.63) is 89.2 Å². The fourth-order valence-electron chi connectivity index (χ4n) is 3.76. The number of hydrogen-bond acceptors (Lipinski definition) is 3. The number of nitrogens with zero attached hydrogens (tertiary/aromatic N) is 1. The van der Waals surface area contributed by atoms with Gasteiger partial charge in [-0.25, -0.2) is 9.78 Å². The average molecular weight is 436 g/mol. The van der Waals surface area contributed by atoms with Crippen LogP contribution in [0.3, 0.4) is 0 Å². The van der Waals surface area contributed by atoms with E-state index in [1.807, 2.05) is 36.4 Å². The third kappa shape index (κ3) is 4.59. The van der Waals surface area contributed by atoms with Gasteiger partial charge in [0.15, 0.2) is 0 Å². The van der Waals surface area contributed by atoms with E-state index in [1.165, 1.54) is 12.3 Å². The predicted molar refractivity (Wildman–Crippen MR) is 114 cm³/mol. The summed E-state index contributed by atoms with van der Waals surface area (Å²) in [6.07, 6.45) is -3.69. The number of amides is 1. The van der Waals surface area contributed by atoms with Crippen LogP contribution in [0.4, 0.5) is 18.0 Å². The van der Waals surface area contributed by atoms with Crippen molar-refractivity contribution in [1.29, 1.82) is 0 Å². The molecule has 1 heterocycles. The molecule has 0 aliphatic heterocycles. The highest BCUT2D eigenvalue weighted by Gasteiger charge is 2.33. The van der Waals surface area contributed by atoms with Gasteiger partial charge in [0.25, 0.3) is 0 Å². The monoisotopic (exact) mass is 436 g/mol. The summed E-state index contributed by atoms with van der Waals surface area (Å²) in [6, 6.07) is 18.2. The molecule has 1 aliphatic carbocycles. The van der Waals surface area contributed by atoms with Crippen LogP contribution in [0.15, 0.2) is 66.9 Å². The van der Waals surface area contributed by atoms with E-state index < -0.39 is 17.8 Å². The quantitative estimate of drug-likeness (QED) is 0.441. The van der Waals surface area contributed by atoms with Crippen LogP contribution in [0.2, 0.25) is 0 Å². The van der Waals surface area contributed by atoms with Crippen LogP contribution in [0.25, 0.3) is 11.1 Å². The van der Waals surface area contributed by atoms with Crippen LogP contribution < -0.4 is 5.32 Å². The number of alkyl carbamates (subject to hydrolysis) is 1. The molecule has 7 heteroatoms. The Balaban J connectivity index is 1.30. The molecule has 4 rings (SSSR count). The first-order chi connectivity index (χ1) is 15.4. The fraction of sp³-hybridized carbons (Fsp3) is 0.200. The van der Waals surface area contributed by atoms with E-state index in [0.717, 1.165) is 28.3 Å². The number of fused-ring (bicyclic) bond motifs is 3. The lowest BCUT2D eigenvalue weighted by atomic mass is 9.98. The molecule has 4 nitrogen and oxygen atoms in total. The number of halogens is 3. The van der Waals surface area contributed by atoms with Crippen molar-refractivity contribution >= 4 is 6.09 Å². The smallest absolute Gasteiger partial charge is 0.419 e. The zero-order valence-electron chi connectivity index (χ0n) is 16.9. The molecule has 1 N–H and O–H groups in total. The lowest BCUT2D eigenvalue weighted by Crippen LogP contribution is -2.26. The number of benzene rings is 2. The molecule has 2 aromatic carbocycles. The summed E-state index contributed by atoms with van der Waals surface area (Å²) in [6.45, 7) is 0.340. The van der Waals surface area contributed by atoms with Gasteiger partial charge in [-0.05, 0) is 40.3 Å². The highest BCUT2D eigenvalue weighted by molar-refractivity contribution is 5.79. The van der Waals surface area contributed by atoms with Crippen LogP contribution in [0.5, 0.6) is 0 Å². The Labute approximate surface area is 183 Å². The number of rotatable bonds is 4. The number of alkyl halides is 3. The molecule has 0 saturated heterocycles. The zero-order valence-corrected chi connectivity index (χ0v) is 16.9. The number of pyridine rings is 1. The molecule has 3 aromatic rings. The van der Waals surface area contributed by atoms with Gasteiger partial charge in [0, 0.05) is 25.1 Å². The first-order valence-electron chi connectivity index (χ1n) is 10.0. The minimum absolute atomic E-state index is 0.0436. The number of carbonyl (C=O) groups excluding carboxylic acids is 1. The highest BCUT2D eigenvalue weighted by Crippen LogP contribution is 2.44. The van der Waals surface area contributed by atoms with Crippen molar-refractivity contribution in [3.8, 4) is 23.0 Å². The predicted octanol–water partition coefficient (Wildman–Crippen LogP) is 5.38. The maximum Gasteiger partial charge on any atom is 0.419 e. The Morgan fingerprint density at radius 2 is 1.66 bits per heavy atom. The largest absolute Gasteiger partial charge is 0.449 e. The van der Waals surface area contributed by atoms with E-state index in [1.54, 1.807) is 0 Å². The van der Waals surface area contributed by atoms with Crippen LogP contribution in [-0.2, 0) is 10.9 Å². The summed E-state index contributed by atoms with van der Waals surface area (Å²) >= 11 is 0. The number of hydrogen-bond donors (Lipinski definition) is 1. The number of aromatic nitrogens is 1. The molecule has 0 saturated carbocycles. The van der Waals surface area contributed by atoms with Gasteiger partial charge in [-0.2, -0.15) is 13.2 Å². The Hall–Kier alpha value is -3.79. The topological polar surface area (TPSA) is 51.2 Å². The summed E-state index contributed by atoms with van der Waals surface area (Å²) in [5.74, 6) is 4.99. The third-order valence-corrected chi connectivity index (χ3v) is 5.18. The highest BCUT2D eigenvalue weighted by atomic mass is 19.4. The molecular formula is C25H19F3N2O2. The van der Waals surface area contributed by atoms with Gasteiger partial charge in [0.05, 0.1) is 5.56 Å². The standard InChI is InChI=1S/C25H19F3N2O2/c26-25(27,28)22-12-7-15-29-23(22)13-5-6-14-30-24(31)32-16-21-19-10-3-1-8-17(19)18-9-2-4-11-20(18)21/h1-4,7-12,15,21H,6,14,16H2,(H,30,31). The molecule has 32 heavy (non-hydrogen) atoms. The summed E-state index contributed by atoms with van der Waals surface area (Å²) < 4.78 is 44.2. The minimum atomic E-state index is -4.52. The molecule has 0 fully saturated rings. The fourth-order valence-corrected chi connectivity index (χ4v) is 3.76. The number of ether oxygens (including phenoxy) is 1. The molecule has 0 bridgehead atoms. The van der Waals surface area contributed by atoms with Gasteiger partial charge in [-0.15, -0.1) is 0 Å².